The number of nitrogens with one attached hydrogen (secondary N) is 2. The molecule has 0 fully saturated rings. The number of aliphatic hydroxyl groups excluding tert-OH is 1. The van der Waals surface area contributed by atoms with Gasteiger partial charge < -0.3 is 20.9 Å². The molecule has 0 saturated carbocycles. The van der Waals surface area contributed by atoms with Crippen LogP contribution in [0.1, 0.15) is 0 Å². The monoisotopic (exact) mass is 264 g/mol. The van der Waals surface area contributed by atoms with E-state index in [0.717, 1.165) is 0 Å². The molecular weight excluding hydrogens is 248 g/mol. The number of benzene rings is 1. The summed E-state index contributed by atoms with van der Waals surface area (Å²) in [4.78, 5) is 18.7. The minimum Gasteiger partial charge on any atom is -0.399 e. The molecule has 0 amide bonds. The topological polar surface area (TPSA) is 113 Å². The van der Waals surface area contributed by atoms with Gasteiger partial charge in [0.05, 0.1) is 30.7 Å². The molecule has 1 aromatic heterocycles. The number of nitrogen functional groups attached to an aromatic ring is 1. The number of anilines is 2. The van der Waals surface area contributed by atoms with Gasteiger partial charge in [0.1, 0.15) is 0 Å². The van der Waals surface area contributed by atoms with Crippen LogP contribution in [0, 0.1) is 0 Å². The van der Waals surface area contributed by atoms with E-state index in [9.17, 15) is 4.79 Å². The molecule has 0 unspecified atom stereocenters. The highest BCUT2D eigenvalue weighted by atomic mass is 16.5. The molecule has 0 radical (unpaired) electrons. The van der Waals surface area contributed by atoms with Gasteiger partial charge in [-0.1, -0.05) is 0 Å². The number of H-pyrrole nitrogens is 1. The molecule has 2 aromatic rings. The predicted octanol–water partition coefficient (Wildman–Crippen LogP) is -0.0739. The van der Waals surface area contributed by atoms with Gasteiger partial charge in [0.2, 0.25) is 5.95 Å². The van der Waals surface area contributed by atoms with Gasteiger partial charge >= 0.3 is 0 Å². The Morgan fingerprint density at radius 3 is 3.05 bits per heavy atom. The number of nitrogens with two attached hydrogens (primary N) is 1. The fourth-order valence-corrected chi connectivity index (χ4v) is 1.65. The third-order valence-corrected chi connectivity index (χ3v) is 2.50. The van der Waals surface area contributed by atoms with E-state index in [4.69, 9.17) is 15.6 Å². The van der Waals surface area contributed by atoms with Crippen LogP contribution in [0.4, 0.5) is 11.6 Å². The zero-order valence-electron chi connectivity index (χ0n) is 10.3. The van der Waals surface area contributed by atoms with Crippen molar-refractivity contribution in [3.05, 3.63) is 28.6 Å². The third kappa shape index (κ3) is 3.43. The van der Waals surface area contributed by atoms with Crippen LogP contribution in [0.25, 0.3) is 10.9 Å². The van der Waals surface area contributed by atoms with Gasteiger partial charge in [0.15, 0.2) is 0 Å². The second kappa shape index (κ2) is 6.17. The lowest BCUT2D eigenvalue weighted by atomic mass is 10.2. The van der Waals surface area contributed by atoms with Crippen molar-refractivity contribution < 1.29 is 9.84 Å². The highest BCUT2D eigenvalue weighted by Crippen LogP contribution is 2.12. The van der Waals surface area contributed by atoms with Gasteiger partial charge in [-0.3, -0.25) is 9.78 Å². The van der Waals surface area contributed by atoms with Crippen LogP contribution in [0.15, 0.2) is 23.0 Å². The van der Waals surface area contributed by atoms with Crippen molar-refractivity contribution in [2.75, 3.05) is 37.4 Å². The molecule has 19 heavy (non-hydrogen) atoms. The Morgan fingerprint density at radius 2 is 2.26 bits per heavy atom. The molecule has 5 N–H and O–H groups in total. The Morgan fingerprint density at radius 1 is 1.42 bits per heavy atom. The molecule has 0 spiro atoms. The smallest absolute Gasteiger partial charge is 0.260 e. The van der Waals surface area contributed by atoms with Crippen LogP contribution in [0.2, 0.25) is 0 Å². The minimum atomic E-state index is -0.240. The minimum absolute atomic E-state index is 0.00746. The van der Waals surface area contributed by atoms with Crippen LogP contribution in [-0.4, -0.2) is 41.4 Å². The molecule has 0 bridgehead atoms. The standard InChI is InChI=1S/C12H16N4O3/c13-8-1-2-10-9(7-8)11(18)16-12(15-10)14-3-5-19-6-4-17/h1-2,7,17H,3-6,13H2,(H2,14,15,16,18). The van der Waals surface area contributed by atoms with Crippen LogP contribution in [0.3, 0.4) is 0 Å². The van der Waals surface area contributed by atoms with Crippen LogP contribution in [0.5, 0.6) is 0 Å². The van der Waals surface area contributed by atoms with E-state index in [0.29, 0.717) is 42.3 Å². The van der Waals surface area contributed by atoms with Gasteiger partial charge in [0, 0.05) is 12.2 Å². The summed E-state index contributed by atoms with van der Waals surface area (Å²) in [5.41, 5.74) is 6.49. The lowest BCUT2D eigenvalue weighted by Crippen LogP contribution is -2.17. The second-order valence-corrected chi connectivity index (χ2v) is 3.95. The molecular formula is C12H16N4O3. The highest BCUT2D eigenvalue weighted by Gasteiger charge is 2.03. The first-order chi connectivity index (χ1) is 9.20. The van der Waals surface area contributed by atoms with Crippen molar-refractivity contribution >= 4 is 22.5 Å². The summed E-state index contributed by atoms with van der Waals surface area (Å²) in [6.45, 7) is 1.20. The number of nitrogens with zero attached hydrogens (tertiary/aromatic N) is 1. The van der Waals surface area contributed by atoms with Crippen molar-refractivity contribution in [1.82, 2.24) is 9.97 Å². The molecule has 1 heterocycles. The Labute approximate surface area is 109 Å². The first kappa shape index (κ1) is 13.3. The number of aromatic nitrogens is 2. The second-order valence-electron chi connectivity index (χ2n) is 3.95. The first-order valence-electron chi connectivity index (χ1n) is 5.93. The summed E-state index contributed by atoms with van der Waals surface area (Å²) in [5.74, 6) is 0.384. The SMILES string of the molecule is Nc1ccc2nc(NCCOCCO)[nH]c(=O)c2c1. The molecule has 102 valence electrons. The van der Waals surface area contributed by atoms with Gasteiger partial charge in [-0.15, -0.1) is 0 Å². The van der Waals surface area contributed by atoms with E-state index in [1.54, 1.807) is 18.2 Å². The maximum Gasteiger partial charge on any atom is 0.260 e. The molecule has 0 atom stereocenters. The third-order valence-electron chi connectivity index (χ3n) is 2.50. The van der Waals surface area contributed by atoms with Crippen LogP contribution < -0.4 is 16.6 Å². The summed E-state index contributed by atoms with van der Waals surface area (Å²) in [6.07, 6.45) is 0. The van der Waals surface area contributed by atoms with E-state index < -0.39 is 0 Å². The lowest BCUT2D eigenvalue weighted by molar-refractivity contribution is 0.0991. The molecule has 0 aliphatic carbocycles. The number of ether oxygens (including phenoxy) is 1. The zero-order valence-corrected chi connectivity index (χ0v) is 10.3. The largest absolute Gasteiger partial charge is 0.399 e. The van der Waals surface area contributed by atoms with E-state index in [1.807, 2.05) is 0 Å². The fourth-order valence-electron chi connectivity index (χ4n) is 1.65. The first-order valence-corrected chi connectivity index (χ1v) is 5.93. The summed E-state index contributed by atoms with van der Waals surface area (Å²) in [5, 5.41) is 12.0. The number of rotatable bonds is 6. The Kier molecular flexibility index (Phi) is 4.32. The fraction of sp³-hybridized carbons (Fsp3) is 0.333. The Balaban J connectivity index is 2.08. The average molecular weight is 264 g/mol. The maximum atomic E-state index is 11.8. The molecule has 7 heteroatoms. The van der Waals surface area contributed by atoms with Gasteiger partial charge in [0.25, 0.3) is 5.56 Å². The van der Waals surface area contributed by atoms with Crippen molar-refractivity contribution in [3.8, 4) is 0 Å². The normalized spacial score (nSPS) is 10.8. The zero-order chi connectivity index (χ0) is 13.7. The van der Waals surface area contributed by atoms with Crippen molar-refractivity contribution in [3.63, 3.8) is 0 Å². The van der Waals surface area contributed by atoms with E-state index in [-0.39, 0.29) is 12.2 Å². The molecule has 0 saturated heterocycles. The molecule has 1 aromatic carbocycles. The molecule has 2 rings (SSSR count). The molecule has 0 aliphatic heterocycles. The van der Waals surface area contributed by atoms with Crippen molar-refractivity contribution in [2.45, 2.75) is 0 Å². The summed E-state index contributed by atoms with van der Waals surface area (Å²) in [7, 11) is 0. The number of aliphatic hydroxyl groups is 1. The number of hydrogen-bond donors (Lipinski definition) is 4. The number of hydrogen-bond acceptors (Lipinski definition) is 6. The van der Waals surface area contributed by atoms with Gasteiger partial charge in [-0.25, -0.2) is 4.98 Å². The number of aromatic amines is 1. The van der Waals surface area contributed by atoms with E-state index >= 15 is 0 Å². The molecule has 0 aliphatic rings. The van der Waals surface area contributed by atoms with Gasteiger partial charge in [-0.05, 0) is 18.2 Å². The van der Waals surface area contributed by atoms with E-state index in [1.165, 1.54) is 0 Å². The summed E-state index contributed by atoms with van der Waals surface area (Å²) in [6, 6.07) is 4.99. The van der Waals surface area contributed by atoms with Crippen molar-refractivity contribution in [1.29, 1.82) is 0 Å². The van der Waals surface area contributed by atoms with Crippen LogP contribution in [-0.2, 0) is 4.74 Å². The maximum absolute atomic E-state index is 11.8. The quantitative estimate of drug-likeness (QED) is 0.429. The lowest BCUT2D eigenvalue weighted by Gasteiger charge is -2.07. The Bertz CT molecular complexity index is 611. The summed E-state index contributed by atoms with van der Waals surface area (Å²) >= 11 is 0. The van der Waals surface area contributed by atoms with Gasteiger partial charge in [-0.2, -0.15) is 0 Å². The summed E-state index contributed by atoms with van der Waals surface area (Å²) < 4.78 is 5.09. The Hall–Kier alpha value is -2.12. The van der Waals surface area contributed by atoms with Crippen LogP contribution >= 0.6 is 0 Å². The molecule has 7 nitrogen and oxygen atoms in total. The van der Waals surface area contributed by atoms with E-state index in [2.05, 4.69) is 15.3 Å². The average Bonchev–Trinajstić information content (AvgIpc) is 2.39. The highest BCUT2D eigenvalue weighted by molar-refractivity contribution is 5.81. The van der Waals surface area contributed by atoms with Crippen molar-refractivity contribution in [2.24, 2.45) is 0 Å². The number of fused-ring (bicyclic) bond motifs is 1. The predicted molar refractivity (Wildman–Crippen MR) is 73.2 cm³/mol.